The van der Waals surface area contributed by atoms with Crippen LogP contribution in [-0.4, -0.2) is 24.3 Å². The predicted octanol–water partition coefficient (Wildman–Crippen LogP) is 4.39. The van der Waals surface area contributed by atoms with Crippen molar-refractivity contribution in [2.75, 3.05) is 13.2 Å². The van der Waals surface area contributed by atoms with Crippen molar-refractivity contribution in [1.29, 1.82) is 0 Å². The largest absolute Gasteiger partial charge is 0.374 e. The van der Waals surface area contributed by atoms with Crippen LogP contribution in [0.5, 0.6) is 0 Å². The average molecular weight is 269 g/mol. The summed E-state index contributed by atoms with van der Waals surface area (Å²) >= 11 is 0. The fourth-order valence-corrected chi connectivity index (χ4v) is 2.89. The van der Waals surface area contributed by atoms with Crippen LogP contribution < -0.4 is 5.32 Å². The first-order valence-electron chi connectivity index (χ1n) is 8.11. The van der Waals surface area contributed by atoms with Crippen LogP contribution in [0.1, 0.15) is 73.6 Å². The van der Waals surface area contributed by atoms with E-state index in [-0.39, 0.29) is 11.1 Å². The van der Waals surface area contributed by atoms with Gasteiger partial charge in [0, 0.05) is 18.7 Å². The van der Waals surface area contributed by atoms with Gasteiger partial charge in [0.1, 0.15) is 0 Å². The van der Waals surface area contributed by atoms with Crippen LogP contribution in [-0.2, 0) is 4.74 Å². The van der Waals surface area contributed by atoms with E-state index in [4.69, 9.17) is 4.74 Å². The fourth-order valence-electron chi connectivity index (χ4n) is 2.89. The highest BCUT2D eigenvalue weighted by molar-refractivity contribution is 4.91. The minimum Gasteiger partial charge on any atom is -0.374 e. The Labute approximate surface area is 120 Å². The fraction of sp³-hybridized carbons (Fsp3) is 1.00. The molecule has 0 aliphatic heterocycles. The highest BCUT2D eigenvalue weighted by Gasteiger charge is 2.36. The first-order chi connectivity index (χ1) is 8.72. The summed E-state index contributed by atoms with van der Waals surface area (Å²) in [5, 5.41) is 3.67. The molecule has 0 bridgehead atoms. The standard InChI is InChI=1S/C17H35NO/c1-14(2)9-11-19-17(13-18-16(4,5)6)10-7-8-15(3)12-17/h14-15,18H,7-13H2,1-6H3. The molecular formula is C17H35NO. The highest BCUT2D eigenvalue weighted by Crippen LogP contribution is 2.35. The van der Waals surface area contributed by atoms with Crippen molar-refractivity contribution >= 4 is 0 Å². The van der Waals surface area contributed by atoms with E-state index in [1.165, 1.54) is 32.1 Å². The van der Waals surface area contributed by atoms with Crippen molar-refractivity contribution in [3.8, 4) is 0 Å². The van der Waals surface area contributed by atoms with Gasteiger partial charge in [0.2, 0.25) is 0 Å². The van der Waals surface area contributed by atoms with Crippen LogP contribution >= 0.6 is 0 Å². The summed E-state index contributed by atoms with van der Waals surface area (Å²) < 4.78 is 6.38. The SMILES string of the molecule is CC(C)CCOC1(CNC(C)(C)C)CCCC(C)C1. The smallest absolute Gasteiger partial charge is 0.0809 e. The summed E-state index contributed by atoms with van der Waals surface area (Å²) in [6.07, 6.45) is 6.29. The van der Waals surface area contributed by atoms with Gasteiger partial charge >= 0.3 is 0 Å². The third-order valence-corrected chi connectivity index (χ3v) is 4.09. The Morgan fingerprint density at radius 1 is 1.32 bits per heavy atom. The molecule has 114 valence electrons. The van der Waals surface area contributed by atoms with Gasteiger partial charge in [-0.2, -0.15) is 0 Å². The molecule has 0 heterocycles. The van der Waals surface area contributed by atoms with Crippen LogP contribution in [0.3, 0.4) is 0 Å². The summed E-state index contributed by atoms with van der Waals surface area (Å²) in [4.78, 5) is 0. The summed E-state index contributed by atoms with van der Waals surface area (Å²) in [7, 11) is 0. The zero-order chi connectivity index (χ0) is 14.5. The molecule has 0 radical (unpaired) electrons. The summed E-state index contributed by atoms with van der Waals surface area (Å²) in [5.41, 5.74) is 0.259. The summed E-state index contributed by atoms with van der Waals surface area (Å²) in [5.74, 6) is 1.53. The lowest BCUT2D eigenvalue weighted by Crippen LogP contribution is -2.51. The van der Waals surface area contributed by atoms with Gasteiger partial charge in [0.15, 0.2) is 0 Å². The maximum Gasteiger partial charge on any atom is 0.0809 e. The Bertz CT molecular complexity index is 256. The normalized spacial score (nSPS) is 28.9. The summed E-state index contributed by atoms with van der Waals surface area (Å²) in [6.45, 7) is 15.5. The number of rotatable bonds is 6. The predicted molar refractivity (Wildman–Crippen MR) is 83.5 cm³/mol. The first kappa shape index (κ1) is 17.0. The zero-order valence-electron chi connectivity index (χ0n) is 14.0. The van der Waals surface area contributed by atoms with E-state index in [9.17, 15) is 0 Å². The lowest BCUT2D eigenvalue weighted by Gasteiger charge is -2.42. The number of nitrogens with one attached hydrogen (secondary N) is 1. The minimum absolute atomic E-state index is 0.0832. The van der Waals surface area contributed by atoms with Crippen molar-refractivity contribution in [2.24, 2.45) is 11.8 Å². The minimum atomic E-state index is 0.0832. The average Bonchev–Trinajstić information content (AvgIpc) is 2.25. The second-order valence-corrected chi connectivity index (χ2v) is 8.02. The van der Waals surface area contributed by atoms with Crippen molar-refractivity contribution < 1.29 is 4.74 Å². The maximum atomic E-state index is 6.38. The van der Waals surface area contributed by atoms with Crippen LogP contribution in [0, 0.1) is 11.8 Å². The number of hydrogen-bond acceptors (Lipinski definition) is 2. The molecule has 2 nitrogen and oxygen atoms in total. The van der Waals surface area contributed by atoms with Gasteiger partial charge in [-0.3, -0.25) is 0 Å². The van der Waals surface area contributed by atoms with E-state index in [2.05, 4.69) is 46.9 Å². The molecule has 0 spiro atoms. The van der Waals surface area contributed by atoms with Gasteiger partial charge < -0.3 is 10.1 Å². The number of hydrogen-bond donors (Lipinski definition) is 1. The maximum absolute atomic E-state index is 6.38. The molecule has 1 aliphatic carbocycles. The first-order valence-corrected chi connectivity index (χ1v) is 8.11. The molecule has 2 unspecified atom stereocenters. The molecule has 0 aromatic heterocycles. The van der Waals surface area contributed by atoms with Gasteiger partial charge in [0.25, 0.3) is 0 Å². The van der Waals surface area contributed by atoms with E-state index in [1.807, 2.05) is 0 Å². The van der Waals surface area contributed by atoms with E-state index in [1.54, 1.807) is 0 Å². The van der Waals surface area contributed by atoms with Crippen molar-refractivity contribution in [1.82, 2.24) is 5.32 Å². The molecular weight excluding hydrogens is 234 g/mol. The Hall–Kier alpha value is -0.0800. The van der Waals surface area contributed by atoms with Crippen LogP contribution in [0.25, 0.3) is 0 Å². The van der Waals surface area contributed by atoms with Gasteiger partial charge in [-0.15, -0.1) is 0 Å². The van der Waals surface area contributed by atoms with Crippen LogP contribution in [0.2, 0.25) is 0 Å². The number of ether oxygens (including phenoxy) is 1. The molecule has 1 rings (SSSR count). The van der Waals surface area contributed by atoms with Gasteiger partial charge in [-0.1, -0.05) is 33.6 Å². The molecule has 1 fully saturated rings. The Kier molecular flexibility index (Phi) is 6.32. The second-order valence-electron chi connectivity index (χ2n) is 8.02. The van der Waals surface area contributed by atoms with Crippen LogP contribution in [0.15, 0.2) is 0 Å². The van der Waals surface area contributed by atoms with Crippen molar-refractivity contribution in [3.05, 3.63) is 0 Å². The van der Waals surface area contributed by atoms with E-state index in [0.29, 0.717) is 0 Å². The third kappa shape index (κ3) is 6.76. The Balaban J connectivity index is 2.56. The topological polar surface area (TPSA) is 21.3 Å². The molecule has 1 saturated carbocycles. The Morgan fingerprint density at radius 2 is 2.00 bits per heavy atom. The third-order valence-electron chi connectivity index (χ3n) is 4.09. The van der Waals surface area contributed by atoms with Crippen molar-refractivity contribution in [2.45, 2.75) is 84.8 Å². The van der Waals surface area contributed by atoms with Crippen LogP contribution in [0.4, 0.5) is 0 Å². The Morgan fingerprint density at radius 3 is 2.53 bits per heavy atom. The lowest BCUT2D eigenvalue weighted by molar-refractivity contribution is -0.0848. The summed E-state index contributed by atoms with van der Waals surface area (Å²) in [6, 6.07) is 0. The van der Waals surface area contributed by atoms with E-state index in [0.717, 1.165) is 25.0 Å². The quantitative estimate of drug-likeness (QED) is 0.772. The molecule has 0 amide bonds. The molecule has 2 atom stereocenters. The highest BCUT2D eigenvalue weighted by atomic mass is 16.5. The molecule has 0 aromatic carbocycles. The van der Waals surface area contributed by atoms with Gasteiger partial charge in [-0.05, 0) is 51.9 Å². The molecule has 0 aromatic rings. The van der Waals surface area contributed by atoms with Crippen molar-refractivity contribution in [3.63, 3.8) is 0 Å². The monoisotopic (exact) mass is 269 g/mol. The van der Waals surface area contributed by atoms with Gasteiger partial charge in [0.05, 0.1) is 5.60 Å². The molecule has 1 aliphatic rings. The van der Waals surface area contributed by atoms with E-state index >= 15 is 0 Å². The molecule has 0 saturated heterocycles. The van der Waals surface area contributed by atoms with Gasteiger partial charge in [-0.25, -0.2) is 0 Å². The second kappa shape index (κ2) is 7.08. The lowest BCUT2D eigenvalue weighted by atomic mass is 9.78. The van der Waals surface area contributed by atoms with E-state index < -0.39 is 0 Å². The molecule has 2 heteroatoms. The molecule has 1 N–H and O–H groups in total. The molecule has 19 heavy (non-hydrogen) atoms. The zero-order valence-corrected chi connectivity index (χ0v) is 14.0.